The van der Waals surface area contributed by atoms with Gasteiger partial charge in [-0.25, -0.2) is 19.7 Å². The van der Waals surface area contributed by atoms with Crippen molar-refractivity contribution in [3.05, 3.63) is 65.3 Å². The highest BCUT2D eigenvalue weighted by molar-refractivity contribution is 6.31. The molecule has 4 aromatic rings. The number of pyridine rings is 1. The van der Waals surface area contributed by atoms with E-state index < -0.39 is 6.03 Å². The first-order chi connectivity index (χ1) is 26.8. The fourth-order valence-corrected chi connectivity index (χ4v) is 8.54. The van der Waals surface area contributed by atoms with Gasteiger partial charge in [-0.1, -0.05) is 11.6 Å². The van der Waals surface area contributed by atoms with Crippen LogP contribution in [0.2, 0.25) is 5.02 Å². The maximum absolute atomic E-state index is 13.0. The minimum Gasteiger partial charge on any atom is -0.490 e. The molecule has 4 fully saturated rings. The Morgan fingerprint density at radius 3 is 2.45 bits per heavy atom. The second kappa shape index (κ2) is 16.2. The second-order valence-electron chi connectivity index (χ2n) is 15.0. The van der Waals surface area contributed by atoms with Crippen LogP contribution in [0.5, 0.6) is 5.75 Å². The van der Waals surface area contributed by atoms with Crippen LogP contribution in [0, 0.1) is 17.2 Å². The van der Waals surface area contributed by atoms with E-state index in [4.69, 9.17) is 26.7 Å². The minimum absolute atomic E-state index is 0.0311. The van der Waals surface area contributed by atoms with Crippen molar-refractivity contribution in [3.63, 3.8) is 0 Å². The van der Waals surface area contributed by atoms with E-state index in [1.165, 1.54) is 4.90 Å². The number of hydrogen-bond donors (Lipinski definition) is 2. The number of fused-ring (bicyclic) bond motifs is 1. The Hall–Kier alpha value is -5.33. The van der Waals surface area contributed by atoms with Crippen molar-refractivity contribution in [1.29, 1.82) is 5.26 Å². The molecule has 1 saturated carbocycles. The molecule has 0 unspecified atom stereocenters. The van der Waals surface area contributed by atoms with E-state index in [1.807, 2.05) is 6.07 Å². The smallest absolute Gasteiger partial charge is 0.329 e. The molecular weight excluding hydrogens is 722 g/mol. The number of imide groups is 1. The van der Waals surface area contributed by atoms with Crippen molar-refractivity contribution in [2.24, 2.45) is 5.92 Å². The van der Waals surface area contributed by atoms with Gasteiger partial charge in [-0.3, -0.25) is 24.5 Å². The Morgan fingerprint density at radius 2 is 1.75 bits per heavy atom. The van der Waals surface area contributed by atoms with Crippen LogP contribution in [-0.2, 0) is 4.79 Å². The number of ether oxygens (including phenoxy) is 1. The molecule has 4 amide bonds. The fraction of sp³-hybridized carbons (Fsp3) is 0.487. The van der Waals surface area contributed by atoms with Crippen molar-refractivity contribution in [2.75, 3.05) is 49.1 Å². The van der Waals surface area contributed by atoms with E-state index in [0.29, 0.717) is 40.3 Å². The summed E-state index contributed by atoms with van der Waals surface area (Å²) in [5.74, 6) is 2.12. The van der Waals surface area contributed by atoms with E-state index in [-0.39, 0.29) is 36.4 Å². The van der Waals surface area contributed by atoms with Gasteiger partial charge in [0.05, 0.1) is 52.2 Å². The average molecular weight is 766 g/mol. The third-order valence-corrected chi connectivity index (χ3v) is 11.7. The van der Waals surface area contributed by atoms with E-state index >= 15 is 0 Å². The number of carbonyl (C=O) groups excluding carboxylic acids is 3. The number of benzene rings is 1. The second-order valence-corrected chi connectivity index (χ2v) is 15.4. The number of carbonyl (C=O) groups is 3. The number of hydrogen-bond acceptors (Lipinski definition) is 11. The number of likely N-dealkylation sites (tertiary alicyclic amines) is 1. The van der Waals surface area contributed by atoms with Crippen molar-refractivity contribution in [2.45, 2.75) is 76.0 Å². The molecule has 6 heterocycles. The summed E-state index contributed by atoms with van der Waals surface area (Å²) < 4.78 is 8.16. The van der Waals surface area contributed by atoms with Crippen LogP contribution in [0.15, 0.2) is 49.1 Å². The number of aromatic nitrogens is 5. The molecule has 1 aliphatic carbocycles. The molecule has 8 rings (SSSR count). The van der Waals surface area contributed by atoms with Gasteiger partial charge < -0.3 is 19.9 Å². The lowest BCUT2D eigenvalue weighted by Crippen LogP contribution is -2.49. The van der Waals surface area contributed by atoms with Crippen LogP contribution in [0.4, 0.5) is 16.4 Å². The van der Waals surface area contributed by atoms with Crippen LogP contribution in [0.1, 0.15) is 79.9 Å². The number of nitriles is 1. The van der Waals surface area contributed by atoms with Crippen LogP contribution in [-0.4, -0.2) is 98.9 Å². The number of nitrogens with one attached hydrogen (secondary N) is 2. The molecular formula is C39H44ClN11O4. The average Bonchev–Trinajstić information content (AvgIpc) is 3.64. The van der Waals surface area contributed by atoms with Crippen LogP contribution >= 0.6 is 11.6 Å². The quantitative estimate of drug-likeness (QED) is 0.238. The van der Waals surface area contributed by atoms with E-state index in [2.05, 4.69) is 46.1 Å². The molecule has 2 N–H and O–H groups in total. The third kappa shape index (κ3) is 8.20. The zero-order valence-corrected chi connectivity index (χ0v) is 31.3. The number of amides is 4. The summed E-state index contributed by atoms with van der Waals surface area (Å²) in [5.41, 5.74) is 1.70. The molecule has 3 aliphatic heterocycles. The predicted molar refractivity (Wildman–Crippen MR) is 205 cm³/mol. The highest BCUT2D eigenvalue weighted by Crippen LogP contribution is 2.32. The van der Waals surface area contributed by atoms with Gasteiger partial charge in [0.2, 0.25) is 5.91 Å². The Morgan fingerprint density at radius 1 is 0.945 bits per heavy atom. The summed E-state index contributed by atoms with van der Waals surface area (Å²) in [6, 6.07) is 8.99. The van der Waals surface area contributed by atoms with Gasteiger partial charge in [-0.05, 0) is 75.5 Å². The molecule has 0 atom stereocenters. The topological polar surface area (TPSA) is 174 Å². The summed E-state index contributed by atoms with van der Waals surface area (Å²) in [7, 11) is 0. The van der Waals surface area contributed by atoms with Crippen LogP contribution in [0.3, 0.4) is 0 Å². The molecule has 55 heavy (non-hydrogen) atoms. The number of halogens is 1. The maximum Gasteiger partial charge on any atom is 0.329 e. The molecule has 3 aromatic heterocycles. The van der Waals surface area contributed by atoms with Gasteiger partial charge in [0.25, 0.3) is 5.91 Å². The lowest BCUT2D eigenvalue weighted by molar-refractivity contribution is -0.120. The fourth-order valence-electron chi connectivity index (χ4n) is 8.33. The van der Waals surface area contributed by atoms with E-state index in [0.717, 1.165) is 101 Å². The highest BCUT2D eigenvalue weighted by Gasteiger charge is 2.30. The zero-order valence-electron chi connectivity index (χ0n) is 30.6. The van der Waals surface area contributed by atoms with Gasteiger partial charge >= 0.3 is 6.03 Å². The Labute approximate surface area is 324 Å². The van der Waals surface area contributed by atoms with Crippen molar-refractivity contribution < 1.29 is 19.1 Å². The van der Waals surface area contributed by atoms with E-state index in [9.17, 15) is 14.4 Å². The molecule has 286 valence electrons. The third-order valence-electron chi connectivity index (χ3n) is 11.4. The zero-order chi connectivity index (χ0) is 37.9. The Bertz CT molecular complexity index is 2080. The lowest BCUT2D eigenvalue weighted by Gasteiger charge is -2.38. The van der Waals surface area contributed by atoms with Gasteiger partial charge in [-0.2, -0.15) is 10.4 Å². The van der Waals surface area contributed by atoms with Crippen molar-refractivity contribution in [3.8, 4) is 11.8 Å². The molecule has 3 saturated heterocycles. The predicted octanol–water partition coefficient (Wildman–Crippen LogP) is 4.87. The number of rotatable bonds is 9. The first kappa shape index (κ1) is 36.6. The van der Waals surface area contributed by atoms with Crippen LogP contribution < -0.4 is 25.2 Å². The summed E-state index contributed by atoms with van der Waals surface area (Å²) >= 11 is 6.15. The maximum atomic E-state index is 13.0. The van der Waals surface area contributed by atoms with Gasteiger partial charge in [0.1, 0.15) is 29.1 Å². The Balaban J connectivity index is 0.760. The first-order valence-electron chi connectivity index (χ1n) is 19.2. The van der Waals surface area contributed by atoms with Crippen LogP contribution in [0.25, 0.3) is 10.9 Å². The van der Waals surface area contributed by atoms with Gasteiger partial charge in [0, 0.05) is 64.0 Å². The van der Waals surface area contributed by atoms with E-state index in [1.54, 1.807) is 43.0 Å². The Kier molecular flexibility index (Phi) is 10.8. The minimum atomic E-state index is -0.444. The number of piperidine rings is 2. The SMILES string of the molecule is N#Cc1ccc(O[C@H]2CC[C@H](NC(=O)c3cnc(N4CCC(CN5CCC(n6ncc7c(N8CCC(=O)NC8=O)nccc76)CC5)CC4)cn3)CC2)cc1Cl. The summed E-state index contributed by atoms with van der Waals surface area (Å²) in [4.78, 5) is 57.1. The molecule has 0 bridgehead atoms. The highest BCUT2D eigenvalue weighted by atomic mass is 35.5. The first-order valence-corrected chi connectivity index (χ1v) is 19.6. The molecule has 15 nitrogen and oxygen atoms in total. The van der Waals surface area contributed by atoms with Crippen molar-refractivity contribution in [1.82, 2.24) is 40.3 Å². The molecule has 4 aliphatic rings. The number of anilines is 2. The number of urea groups is 1. The molecule has 0 radical (unpaired) electrons. The monoisotopic (exact) mass is 765 g/mol. The van der Waals surface area contributed by atoms with Gasteiger partial charge in [-0.15, -0.1) is 0 Å². The summed E-state index contributed by atoms with van der Waals surface area (Å²) in [5, 5.41) is 20.5. The van der Waals surface area contributed by atoms with Gasteiger partial charge in [0.15, 0.2) is 0 Å². The van der Waals surface area contributed by atoms with Crippen molar-refractivity contribution >= 4 is 52.0 Å². The molecule has 0 spiro atoms. The largest absolute Gasteiger partial charge is 0.490 e. The summed E-state index contributed by atoms with van der Waals surface area (Å²) in [6.45, 7) is 5.18. The number of nitrogens with zero attached hydrogens (tertiary/aromatic N) is 9. The molecule has 16 heteroatoms. The lowest BCUT2D eigenvalue weighted by atomic mass is 9.93. The molecule has 1 aromatic carbocycles. The normalized spacial score (nSPS) is 21.7. The summed E-state index contributed by atoms with van der Waals surface area (Å²) in [6.07, 6.45) is 14.4. The standard InChI is InChI=1S/C39H44ClN11O4/c40-32-19-30(4-1-26(32)20-41)55-29-5-2-27(3-6-29)46-38(53)33-22-44-35(23-43-33)49-16-8-25(9-17-49)24-48-14-10-28(11-15-48)51-34-7-13-42-37(31(34)21-45-51)50-18-12-36(52)47-39(50)54/h1,4,7,13,19,21-23,25,27-29H,2-3,5-6,8-12,14-18,24H2,(H,46,53)(H,47,52,54)/t27-,29-.